The zero-order chi connectivity index (χ0) is 15.0. The first-order chi connectivity index (χ1) is 9.99. The molecular formula is C14H12ClN3O2S. The fourth-order valence-corrected chi connectivity index (χ4v) is 2.93. The molecule has 0 atom stereocenters. The Morgan fingerprint density at radius 1 is 1.14 bits per heavy atom. The smallest absolute Gasteiger partial charge is 0.240 e. The first-order valence-electron chi connectivity index (χ1n) is 6.19. The molecule has 0 saturated carbocycles. The first-order valence-corrected chi connectivity index (χ1v) is 8.05. The van der Waals surface area contributed by atoms with Gasteiger partial charge in [0.1, 0.15) is 5.82 Å². The lowest BCUT2D eigenvalue weighted by Gasteiger charge is -2.03. The summed E-state index contributed by atoms with van der Waals surface area (Å²) in [5, 5.41) is 0.633. The molecular weight excluding hydrogens is 310 g/mol. The van der Waals surface area contributed by atoms with Crippen LogP contribution in [0.2, 0.25) is 5.02 Å². The quantitative estimate of drug-likeness (QED) is 0.779. The molecule has 0 fully saturated rings. The van der Waals surface area contributed by atoms with Crippen LogP contribution in [0, 0.1) is 0 Å². The number of hydrogen-bond donors (Lipinski definition) is 2. The van der Waals surface area contributed by atoms with Crippen molar-refractivity contribution in [1.29, 1.82) is 0 Å². The van der Waals surface area contributed by atoms with Crippen LogP contribution in [0.5, 0.6) is 0 Å². The van der Waals surface area contributed by atoms with Gasteiger partial charge in [0, 0.05) is 10.6 Å². The van der Waals surface area contributed by atoms with Gasteiger partial charge in [0.2, 0.25) is 10.0 Å². The number of imidazole rings is 1. The Morgan fingerprint density at radius 3 is 2.52 bits per heavy atom. The monoisotopic (exact) mass is 321 g/mol. The second-order valence-corrected chi connectivity index (χ2v) is 6.80. The van der Waals surface area contributed by atoms with E-state index in [1.54, 1.807) is 36.4 Å². The Bertz CT molecular complexity index is 902. The number of nitrogens with one attached hydrogen (secondary N) is 2. The highest BCUT2D eigenvalue weighted by atomic mass is 35.5. The molecule has 0 amide bonds. The molecule has 108 valence electrons. The molecule has 1 heterocycles. The van der Waals surface area contributed by atoms with Crippen LogP contribution in [0.1, 0.15) is 0 Å². The summed E-state index contributed by atoms with van der Waals surface area (Å²) in [7, 11) is -2.04. The molecule has 2 N–H and O–H groups in total. The maximum absolute atomic E-state index is 11.7. The Kier molecular flexibility index (Phi) is 3.44. The topological polar surface area (TPSA) is 74.8 Å². The van der Waals surface area contributed by atoms with Crippen LogP contribution in [0.4, 0.5) is 0 Å². The minimum atomic E-state index is -3.43. The molecule has 5 nitrogen and oxygen atoms in total. The van der Waals surface area contributed by atoms with Gasteiger partial charge in [-0.15, -0.1) is 0 Å². The van der Waals surface area contributed by atoms with E-state index in [0.717, 1.165) is 16.6 Å². The van der Waals surface area contributed by atoms with Gasteiger partial charge in [-0.05, 0) is 49.5 Å². The third-order valence-corrected chi connectivity index (χ3v) is 4.82. The minimum Gasteiger partial charge on any atom is -0.338 e. The average molecular weight is 322 g/mol. The number of halogens is 1. The van der Waals surface area contributed by atoms with E-state index in [1.807, 2.05) is 6.07 Å². The first kappa shape index (κ1) is 14.1. The summed E-state index contributed by atoms with van der Waals surface area (Å²) < 4.78 is 25.6. The summed E-state index contributed by atoms with van der Waals surface area (Å²) in [6.45, 7) is 0. The maximum atomic E-state index is 11.7. The van der Waals surface area contributed by atoms with E-state index in [0.29, 0.717) is 10.8 Å². The van der Waals surface area contributed by atoms with Crippen molar-refractivity contribution in [3.63, 3.8) is 0 Å². The molecule has 0 aliphatic heterocycles. The standard InChI is InChI=1S/C14H12ClN3O2S/c1-16-21(19,20)11-5-2-9(3-6-11)14-17-12-7-4-10(15)8-13(12)18-14/h2-8,16H,1H3,(H,17,18). The van der Waals surface area contributed by atoms with Gasteiger partial charge in [-0.1, -0.05) is 11.6 Å². The highest BCUT2D eigenvalue weighted by Gasteiger charge is 2.12. The number of aromatic amines is 1. The largest absolute Gasteiger partial charge is 0.338 e. The second kappa shape index (κ2) is 5.14. The van der Waals surface area contributed by atoms with Crippen LogP contribution in [-0.4, -0.2) is 25.4 Å². The molecule has 7 heteroatoms. The van der Waals surface area contributed by atoms with Gasteiger partial charge in [-0.2, -0.15) is 0 Å². The normalized spacial score (nSPS) is 11.9. The van der Waals surface area contributed by atoms with Crippen molar-refractivity contribution in [2.75, 3.05) is 7.05 Å². The fourth-order valence-electron chi connectivity index (χ4n) is 2.03. The Morgan fingerprint density at radius 2 is 1.86 bits per heavy atom. The van der Waals surface area contributed by atoms with Crippen molar-refractivity contribution in [3.8, 4) is 11.4 Å². The summed E-state index contributed by atoms with van der Waals surface area (Å²) in [5.74, 6) is 0.667. The fraction of sp³-hybridized carbons (Fsp3) is 0.0714. The molecule has 0 spiro atoms. The Hall–Kier alpha value is -1.89. The van der Waals surface area contributed by atoms with Crippen molar-refractivity contribution in [3.05, 3.63) is 47.5 Å². The summed E-state index contributed by atoms with van der Waals surface area (Å²) in [5.41, 5.74) is 2.45. The van der Waals surface area contributed by atoms with Crippen molar-refractivity contribution in [2.24, 2.45) is 0 Å². The van der Waals surface area contributed by atoms with Gasteiger partial charge >= 0.3 is 0 Å². The Balaban J connectivity index is 2.03. The van der Waals surface area contributed by atoms with Crippen LogP contribution in [-0.2, 0) is 10.0 Å². The average Bonchev–Trinajstić information content (AvgIpc) is 2.90. The molecule has 21 heavy (non-hydrogen) atoms. The molecule has 0 bridgehead atoms. The van der Waals surface area contributed by atoms with Crippen LogP contribution >= 0.6 is 11.6 Å². The van der Waals surface area contributed by atoms with Crippen LogP contribution in [0.15, 0.2) is 47.4 Å². The predicted molar refractivity (Wildman–Crippen MR) is 82.8 cm³/mol. The van der Waals surface area contributed by atoms with Crippen molar-refractivity contribution in [2.45, 2.75) is 4.90 Å². The summed E-state index contributed by atoms with van der Waals surface area (Å²) in [4.78, 5) is 7.84. The molecule has 0 unspecified atom stereocenters. The highest BCUT2D eigenvalue weighted by molar-refractivity contribution is 7.89. The van der Waals surface area contributed by atoms with Crippen LogP contribution in [0.25, 0.3) is 22.4 Å². The molecule has 2 aromatic carbocycles. The number of rotatable bonds is 3. The third-order valence-electron chi connectivity index (χ3n) is 3.15. The van der Waals surface area contributed by atoms with E-state index in [2.05, 4.69) is 14.7 Å². The molecule has 0 radical (unpaired) electrons. The van der Waals surface area contributed by atoms with E-state index in [4.69, 9.17) is 11.6 Å². The van der Waals surface area contributed by atoms with E-state index >= 15 is 0 Å². The lowest BCUT2D eigenvalue weighted by molar-refractivity contribution is 0.588. The predicted octanol–water partition coefficient (Wildman–Crippen LogP) is 2.79. The second-order valence-electron chi connectivity index (χ2n) is 4.48. The zero-order valence-electron chi connectivity index (χ0n) is 11.1. The number of benzene rings is 2. The van der Waals surface area contributed by atoms with Crippen molar-refractivity contribution in [1.82, 2.24) is 14.7 Å². The van der Waals surface area contributed by atoms with E-state index in [9.17, 15) is 8.42 Å². The van der Waals surface area contributed by atoms with Gasteiger partial charge in [0.25, 0.3) is 0 Å². The van der Waals surface area contributed by atoms with Crippen LogP contribution < -0.4 is 4.72 Å². The highest BCUT2D eigenvalue weighted by Crippen LogP contribution is 2.23. The number of H-pyrrole nitrogens is 1. The zero-order valence-corrected chi connectivity index (χ0v) is 12.7. The lowest BCUT2D eigenvalue weighted by Crippen LogP contribution is -2.18. The molecule has 3 aromatic rings. The number of nitrogens with zero attached hydrogens (tertiary/aromatic N) is 1. The SMILES string of the molecule is CNS(=O)(=O)c1ccc(-c2nc3ccc(Cl)cc3[nH]2)cc1. The molecule has 1 aromatic heterocycles. The van der Waals surface area contributed by atoms with Crippen LogP contribution in [0.3, 0.4) is 0 Å². The number of fused-ring (bicyclic) bond motifs is 1. The molecule has 3 rings (SSSR count). The molecule has 0 aliphatic carbocycles. The van der Waals surface area contributed by atoms with E-state index in [-0.39, 0.29) is 4.90 Å². The lowest BCUT2D eigenvalue weighted by atomic mass is 10.2. The third kappa shape index (κ3) is 2.65. The van der Waals surface area contributed by atoms with Gasteiger partial charge in [0.15, 0.2) is 0 Å². The summed E-state index contributed by atoms with van der Waals surface area (Å²) in [6, 6.07) is 11.9. The number of aromatic nitrogens is 2. The van der Waals surface area contributed by atoms with Crippen molar-refractivity contribution >= 4 is 32.7 Å². The van der Waals surface area contributed by atoms with E-state index < -0.39 is 10.0 Å². The Labute approximate surface area is 127 Å². The molecule has 0 aliphatic rings. The molecule has 0 saturated heterocycles. The van der Waals surface area contributed by atoms with E-state index in [1.165, 1.54) is 7.05 Å². The summed E-state index contributed by atoms with van der Waals surface area (Å²) in [6.07, 6.45) is 0. The van der Waals surface area contributed by atoms with Gasteiger partial charge in [0.05, 0.1) is 15.9 Å². The summed E-state index contributed by atoms with van der Waals surface area (Å²) >= 11 is 5.94. The number of sulfonamides is 1. The van der Waals surface area contributed by atoms with Crippen molar-refractivity contribution < 1.29 is 8.42 Å². The maximum Gasteiger partial charge on any atom is 0.240 e. The van der Waals surface area contributed by atoms with Gasteiger partial charge in [-0.25, -0.2) is 18.1 Å². The number of hydrogen-bond acceptors (Lipinski definition) is 3. The minimum absolute atomic E-state index is 0.216. The van der Waals surface area contributed by atoms with Gasteiger partial charge in [-0.3, -0.25) is 0 Å². The van der Waals surface area contributed by atoms with Gasteiger partial charge < -0.3 is 4.98 Å².